The summed E-state index contributed by atoms with van der Waals surface area (Å²) in [6.45, 7) is 2.59. The van der Waals surface area contributed by atoms with Crippen LogP contribution in [0, 0.1) is 11.3 Å². The fraction of sp³-hybridized carbons (Fsp3) is 0.244. The Labute approximate surface area is 323 Å². The van der Waals surface area contributed by atoms with Crippen LogP contribution in [0.1, 0.15) is 40.7 Å². The van der Waals surface area contributed by atoms with Crippen LogP contribution in [0.2, 0.25) is 10.0 Å². The van der Waals surface area contributed by atoms with E-state index in [1.165, 1.54) is 57.9 Å². The van der Waals surface area contributed by atoms with Crippen LogP contribution in [-0.2, 0) is 35.7 Å². The number of halogens is 3. The molecule has 7 rings (SSSR count). The van der Waals surface area contributed by atoms with Crippen molar-refractivity contribution >= 4 is 68.4 Å². The molecule has 0 unspecified atom stereocenters. The Bertz CT molecular complexity index is 2140. The Morgan fingerprint density at radius 1 is 0.654 bits per heavy atom. The smallest absolute Gasteiger partial charge is 0.240 e. The van der Waals surface area contributed by atoms with Gasteiger partial charge in [-0.05, 0) is 128 Å². The van der Waals surface area contributed by atoms with Crippen LogP contribution in [0.3, 0.4) is 0 Å². The van der Waals surface area contributed by atoms with Crippen LogP contribution in [0.4, 0.5) is 22.7 Å². The average molecular weight is 775 g/mol. The summed E-state index contributed by atoms with van der Waals surface area (Å²) in [7, 11) is -3.62. The molecule has 0 radical (unpaired) electrons. The van der Waals surface area contributed by atoms with E-state index in [9.17, 15) is 8.42 Å². The normalized spacial score (nSPS) is 13.0. The summed E-state index contributed by atoms with van der Waals surface area (Å²) in [6.07, 6.45) is 5.61. The van der Waals surface area contributed by atoms with Gasteiger partial charge < -0.3 is 15.5 Å². The third-order valence-electron chi connectivity index (χ3n) is 9.30. The molecule has 0 saturated heterocycles. The van der Waals surface area contributed by atoms with E-state index >= 15 is 0 Å². The lowest BCUT2D eigenvalue weighted by atomic mass is 10.0. The maximum Gasteiger partial charge on any atom is 0.240 e. The minimum absolute atomic E-state index is 0. The molecule has 5 aromatic carbocycles. The van der Waals surface area contributed by atoms with Gasteiger partial charge in [-0.2, -0.15) is 5.26 Å². The quantitative estimate of drug-likeness (QED) is 0.145. The predicted octanol–water partition coefficient (Wildman–Crippen LogP) is 9.16. The van der Waals surface area contributed by atoms with Gasteiger partial charge in [0.05, 0.1) is 16.5 Å². The van der Waals surface area contributed by atoms with Crippen molar-refractivity contribution in [3.05, 3.63) is 147 Å². The zero-order valence-electron chi connectivity index (χ0n) is 28.8. The molecule has 0 saturated carbocycles. The van der Waals surface area contributed by atoms with E-state index < -0.39 is 10.0 Å². The fourth-order valence-electron chi connectivity index (χ4n) is 6.74. The minimum Gasteiger partial charge on any atom is -0.341 e. The molecule has 0 aliphatic carbocycles. The molecule has 0 spiro atoms. The molecular formula is C41H42Cl3N5O2S. The lowest BCUT2D eigenvalue weighted by molar-refractivity contribution is 0.579. The molecule has 11 heteroatoms. The number of nitrogens with zero attached hydrogens (tertiary/aromatic N) is 3. The van der Waals surface area contributed by atoms with Crippen LogP contribution >= 0.6 is 35.6 Å². The zero-order chi connectivity index (χ0) is 35.8. The fourth-order valence-corrected chi connectivity index (χ4v) is 8.14. The van der Waals surface area contributed by atoms with Crippen molar-refractivity contribution in [2.45, 2.75) is 43.4 Å². The number of nitrogens with two attached hydrogens (primary N) is 1. The topological polar surface area (TPSA) is 102 Å². The second-order valence-corrected chi connectivity index (χ2v) is 15.3. The molecule has 270 valence electrons. The number of nitrogens with one attached hydrogen (secondary N) is 1. The largest absolute Gasteiger partial charge is 0.341 e. The monoisotopic (exact) mass is 773 g/mol. The van der Waals surface area contributed by atoms with Crippen molar-refractivity contribution in [1.82, 2.24) is 4.72 Å². The third-order valence-corrected chi connectivity index (χ3v) is 11.2. The van der Waals surface area contributed by atoms with Crippen LogP contribution in [-0.4, -0.2) is 34.6 Å². The third kappa shape index (κ3) is 9.28. The van der Waals surface area contributed by atoms with E-state index in [1.54, 1.807) is 0 Å². The number of nitriles is 1. The molecule has 0 amide bonds. The number of fused-ring (bicyclic) bond motifs is 4. The zero-order valence-corrected chi connectivity index (χ0v) is 31.9. The van der Waals surface area contributed by atoms with Crippen molar-refractivity contribution in [3.8, 4) is 6.07 Å². The lowest BCUT2D eigenvalue weighted by Crippen LogP contribution is -2.28. The van der Waals surface area contributed by atoms with E-state index in [4.69, 9.17) is 34.2 Å². The second-order valence-electron chi connectivity index (χ2n) is 12.6. The summed E-state index contributed by atoms with van der Waals surface area (Å²) in [6, 6.07) is 37.0. The average Bonchev–Trinajstić information content (AvgIpc) is 3.40. The highest BCUT2D eigenvalue weighted by Gasteiger charge is 2.22. The molecule has 2 heterocycles. The van der Waals surface area contributed by atoms with Crippen LogP contribution < -0.4 is 20.3 Å². The van der Waals surface area contributed by atoms with Crippen LogP contribution in [0.25, 0.3) is 0 Å². The van der Waals surface area contributed by atoms with Crippen molar-refractivity contribution in [3.63, 3.8) is 0 Å². The summed E-state index contributed by atoms with van der Waals surface area (Å²) in [5.74, 6) is 0. The first-order valence-corrected chi connectivity index (χ1v) is 19.5. The Balaban J connectivity index is 0.000000215. The Morgan fingerprint density at radius 3 is 1.60 bits per heavy atom. The van der Waals surface area contributed by atoms with Crippen LogP contribution in [0.15, 0.2) is 114 Å². The summed E-state index contributed by atoms with van der Waals surface area (Å²) in [4.78, 5) is 4.76. The van der Waals surface area contributed by atoms with Gasteiger partial charge in [0.1, 0.15) is 0 Å². The van der Waals surface area contributed by atoms with Crippen LogP contribution in [0.5, 0.6) is 0 Å². The van der Waals surface area contributed by atoms with Gasteiger partial charge in [-0.15, -0.1) is 12.4 Å². The van der Waals surface area contributed by atoms with Crippen molar-refractivity contribution < 1.29 is 8.42 Å². The maximum absolute atomic E-state index is 12.6. The standard InChI is InChI=1S/C24H22ClN3O2S.C17H19ClN2.ClH/c25-21-11-10-20-9-8-19-4-1-2-5-23(19)28(24(20)16-21)15-3-14-27-31(29,30)22-12-6-18(17-26)7-13-22;18-15-9-8-14-7-6-13-4-1-2-5-16(13)20(11-3-10-19)17(14)12-15;/h1-2,4-7,10-13,16,27H,3,8-9,14-15H2;1-2,4-5,8-9,12H,3,6-7,10-11,19H2;1H. The molecule has 0 bridgehead atoms. The maximum atomic E-state index is 12.6. The number of para-hydroxylation sites is 2. The van der Waals surface area contributed by atoms with E-state index in [0.29, 0.717) is 36.6 Å². The van der Waals surface area contributed by atoms with Gasteiger partial charge in [0.15, 0.2) is 0 Å². The van der Waals surface area contributed by atoms with E-state index in [1.807, 2.05) is 36.4 Å². The van der Waals surface area contributed by atoms with E-state index in [-0.39, 0.29) is 17.3 Å². The van der Waals surface area contributed by atoms with Gasteiger partial charge in [0.25, 0.3) is 0 Å². The summed E-state index contributed by atoms with van der Waals surface area (Å²) in [5.41, 5.74) is 16.1. The van der Waals surface area contributed by atoms with Crippen molar-refractivity contribution in [2.24, 2.45) is 5.73 Å². The SMILES string of the molecule is Cl.N#Cc1ccc(S(=O)(=O)NCCCN2c3ccccc3CCc3ccc(Cl)cc32)cc1.NCCCN1c2ccccc2CCc2ccc(Cl)cc21. The summed E-state index contributed by atoms with van der Waals surface area (Å²) < 4.78 is 27.8. The molecule has 3 N–H and O–H groups in total. The molecule has 52 heavy (non-hydrogen) atoms. The van der Waals surface area contributed by atoms with Gasteiger partial charge in [-0.3, -0.25) is 0 Å². The Hall–Kier alpha value is -4.07. The number of rotatable bonds is 9. The number of anilines is 4. The first-order chi connectivity index (χ1) is 24.8. The van der Waals surface area contributed by atoms with E-state index in [0.717, 1.165) is 55.0 Å². The minimum atomic E-state index is -3.62. The molecule has 7 nitrogen and oxygen atoms in total. The predicted molar refractivity (Wildman–Crippen MR) is 216 cm³/mol. The Kier molecular flexibility index (Phi) is 13.6. The number of hydrogen-bond acceptors (Lipinski definition) is 6. The van der Waals surface area contributed by atoms with Gasteiger partial charge in [0, 0.05) is 52.4 Å². The molecule has 2 aliphatic rings. The summed E-state index contributed by atoms with van der Waals surface area (Å²) >= 11 is 12.5. The van der Waals surface area contributed by atoms with Gasteiger partial charge in [-0.1, -0.05) is 71.7 Å². The molecule has 0 aromatic heterocycles. The first-order valence-electron chi connectivity index (χ1n) is 17.2. The van der Waals surface area contributed by atoms with Crippen molar-refractivity contribution in [2.75, 3.05) is 36.0 Å². The van der Waals surface area contributed by atoms with Gasteiger partial charge >= 0.3 is 0 Å². The summed E-state index contributed by atoms with van der Waals surface area (Å²) in [5, 5.41) is 10.4. The van der Waals surface area contributed by atoms with Gasteiger partial charge in [0.2, 0.25) is 10.0 Å². The molecule has 0 fully saturated rings. The van der Waals surface area contributed by atoms with E-state index in [2.05, 4.69) is 69.1 Å². The number of hydrogen-bond donors (Lipinski definition) is 2. The lowest BCUT2D eigenvalue weighted by Gasteiger charge is -2.27. The number of aryl methyl sites for hydroxylation is 4. The van der Waals surface area contributed by atoms with Gasteiger partial charge in [-0.25, -0.2) is 13.1 Å². The molecule has 5 aromatic rings. The molecular weight excluding hydrogens is 733 g/mol. The molecule has 2 aliphatic heterocycles. The second kappa shape index (κ2) is 18.1. The first kappa shape index (κ1) is 39.1. The Morgan fingerprint density at radius 2 is 1.12 bits per heavy atom. The number of sulfonamides is 1. The highest BCUT2D eigenvalue weighted by molar-refractivity contribution is 7.89. The highest BCUT2D eigenvalue weighted by atomic mass is 35.5. The highest BCUT2D eigenvalue weighted by Crippen LogP contribution is 2.39. The molecule has 0 atom stereocenters. The van der Waals surface area contributed by atoms with Crippen molar-refractivity contribution in [1.29, 1.82) is 5.26 Å². The number of benzene rings is 5.